The number of para-hydroxylation sites is 2. The van der Waals surface area contributed by atoms with Crippen molar-refractivity contribution in [3.05, 3.63) is 70.8 Å². The zero-order valence-electron chi connectivity index (χ0n) is 15.7. The summed E-state index contributed by atoms with van der Waals surface area (Å²) >= 11 is 1.54. The molecule has 4 rings (SSSR count). The molecular formula is C22H21N3O2S. The number of nitrogens with zero attached hydrogens (tertiary/aromatic N) is 3. The Morgan fingerprint density at radius 1 is 1.18 bits per heavy atom. The number of amides is 1. The summed E-state index contributed by atoms with van der Waals surface area (Å²) in [5, 5.41) is 10.6. The van der Waals surface area contributed by atoms with E-state index in [2.05, 4.69) is 11.0 Å². The lowest BCUT2D eigenvalue weighted by atomic mass is 9.86. The molecule has 1 atom stereocenters. The van der Waals surface area contributed by atoms with E-state index in [-0.39, 0.29) is 11.8 Å². The van der Waals surface area contributed by atoms with Crippen LogP contribution in [0.3, 0.4) is 0 Å². The molecular weight excluding hydrogens is 370 g/mol. The first-order valence-electron chi connectivity index (χ1n) is 9.32. The van der Waals surface area contributed by atoms with Crippen LogP contribution in [0.15, 0.2) is 65.2 Å². The van der Waals surface area contributed by atoms with Gasteiger partial charge in [-0.2, -0.15) is 5.26 Å². The SMILES string of the molecule is CCOc1ccccc1N1CSC2=C(C#N)C(c3ccccc3)CC(=O)N2C1. The molecule has 0 aliphatic carbocycles. The van der Waals surface area contributed by atoms with Crippen LogP contribution in [0.5, 0.6) is 5.75 Å². The highest BCUT2D eigenvalue weighted by molar-refractivity contribution is 8.03. The molecule has 0 bridgehead atoms. The van der Waals surface area contributed by atoms with Gasteiger partial charge < -0.3 is 9.64 Å². The summed E-state index contributed by atoms with van der Waals surface area (Å²) in [6.45, 7) is 2.97. The average molecular weight is 391 g/mol. The zero-order chi connectivity index (χ0) is 19.5. The molecule has 0 spiro atoms. The van der Waals surface area contributed by atoms with Crippen LogP contribution in [-0.2, 0) is 4.79 Å². The fourth-order valence-electron chi connectivity index (χ4n) is 3.68. The molecule has 142 valence electrons. The number of thioether (sulfide) groups is 1. The number of carbonyl (C=O) groups is 1. The van der Waals surface area contributed by atoms with E-state index in [9.17, 15) is 10.1 Å². The van der Waals surface area contributed by atoms with Crippen molar-refractivity contribution >= 4 is 23.4 Å². The monoisotopic (exact) mass is 391 g/mol. The van der Waals surface area contributed by atoms with Gasteiger partial charge >= 0.3 is 0 Å². The van der Waals surface area contributed by atoms with Crippen LogP contribution in [-0.4, -0.2) is 30.0 Å². The zero-order valence-corrected chi connectivity index (χ0v) is 16.5. The van der Waals surface area contributed by atoms with Gasteiger partial charge in [-0.05, 0) is 24.6 Å². The maximum atomic E-state index is 13.0. The summed E-state index contributed by atoms with van der Waals surface area (Å²) in [5.74, 6) is 1.36. The highest BCUT2D eigenvalue weighted by Crippen LogP contribution is 2.44. The molecule has 0 radical (unpaired) electrons. The Balaban J connectivity index is 1.66. The molecule has 6 heteroatoms. The van der Waals surface area contributed by atoms with E-state index >= 15 is 0 Å². The second kappa shape index (κ2) is 7.99. The van der Waals surface area contributed by atoms with E-state index in [1.165, 1.54) is 0 Å². The number of carbonyl (C=O) groups excluding carboxylic acids is 1. The minimum atomic E-state index is -0.167. The molecule has 5 nitrogen and oxygen atoms in total. The van der Waals surface area contributed by atoms with E-state index in [1.54, 1.807) is 16.7 Å². The van der Waals surface area contributed by atoms with Gasteiger partial charge in [0.25, 0.3) is 0 Å². The molecule has 2 aliphatic rings. The lowest BCUT2D eigenvalue weighted by molar-refractivity contribution is -0.129. The summed E-state index contributed by atoms with van der Waals surface area (Å²) < 4.78 is 5.75. The van der Waals surface area contributed by atoms with Gasteiger partial charge in [0.2, 0.25) is 5.91 Å². The maximum absolute atomic E-state index is 13.0. The van der Waals surface area contributed by atoms with Crippen LogP contribution in [0.1, 0.15) is 24.8 Å². The van der Waals surface area contributed by atoms with E-state index in [1.807, 2.05) is 61.5 Å². The summed E-state index contributed by atoms with van der Waals surface area (Å²) in [5.41, 5.74) is 2.67. The summed E-state index contributed by atoms with van der Waals surface area (Å²) in [4.78, 5) is 16.8. The third-order valence-corrected chi connectivity index (χ3v) is 6.16. The number of hydrogen-bond donors (Lipinski definition) is 0. The van der Waals surface area contributed by atoms with Gasteiger partial charge in [-0.15, -0.1) is 0 Å². The van der Waals surface area contributed by atoms with Crippen LogP contribution in [0, 0.1) is 11.3 Å². The van der Waals surface area contributed by atoms with Gasteiger partial charge in [0.05, 0.1) is 41.5 Å². The Kier molecular flexibility index (Phi) is 5.27. The van der Waals surface area contributed by atoms with Crippen LogP contribution < -0.4 is 9.64 Å². The molecule has 2 aromatic carbocycles. The minimum Gasteiger partial charge on any atom is -0.492 e. The average Bonchev–Trinajstić information content (AvgIpc) is 2.75. The standard InChI is InChI=1S/C22H21N3O2S/c1-2-27-20-11-7-6-10-19(20)24-14-25-21(26)12-17(16-8-4-3-5-9-16)18(13-23)22(25)28-15-24/h3-11,17H,2,12,14-15H2,1H3. The molecule has 0 aromatic heterocycles. The van der Waals surface area contributed by atoms with Crippen LogP contribution >= 0.6 is 11.8 Å². The van der Waals surface area contributed by atoms with E-state index < -0.39 is 0 Å². The first-order chi connectivity index (χ1) is 13.7. The second-order valence-electron chi connectivity index (χ2n) is 6.68. The summed E-state index contributed by atoms with van der Waals surface area (Å²) in [6.07, 6.45) is 0.317. The summed E-state index contributed by atoms with van der Waals surface area (Å²) in [6, 6.07) is 20.1. The first-order valence-corrected chi connectivity index (χ1v) is 10.3. The molecule has 2 aromatic rings. The third kappa shape index (κ3) is 3.34. The maximum Gasteiger partial charge on any atom is 0.229 e. The van der Waals surface area contributed by atoms with Crippen molar-refractivity contribution in [1.29, 1.82) is 5.26 Å². The third-order valence-electron chi connectivity index (χ3n) is 5.00. The predicted octanol–water partition coefficient (Wildman–Crippen LogP) is 4.30. The van der Waals surface area contributed by atoms with Crippen molar-refractivity contribution < 1.29 is 9.53 Å². The fourth-order valence-corrected chi connectivity index (χ4v) is 4.84. The number of allylic oxidation sites excluding steroid dienone is 1. The first kappa shape index (κ1) is 18.5. The molecule has 2 heterocycles. The van der Waals surface area contributed by atoms with Crippen molar-refractivity contribution in [3.63, 3.8) is 0 Å². The molecule has 28 heavy (non-hydrogen) atoms. The molecule has 1 saturated heterocycles. The number of ether oxygens (including phenoxy) is 1. The number of anilines is 1. The smallest absolute Gasteiger partial charge is 0.229 e. The highest BCUT2D eigenvalue weighted by Gasteiger charge is 2.38. The Morgan fingerprint density at radius 2 is 1.93 bits per heavy atom. The van der Waals surface area contributed by atoms with Gasteiger partial charge in [-0.3, -0.25) is 9.69 Å². The van der Waals surface area contributed by atoms with Crippen LogP contribution in [0.25, 0.3) is 0 Å². The molecule has 0 saturated carbocycles. The lowest BCUT2D eigenvalue weighted by Crippen LogP contribution is -2.47. The minimum absolute atomic E-state index is 0.0499. The quantitative estimate of drug-likeness (QED) is 0.778. The van der Waals surface area contributed by atoms with Crippen molar-refractivity contribution in [2.75, 3.05) is 24.1 Å². The second-order valence-corrected chi connectivity index (χ2v) is 7.61. The van der Waals surface area contributed by atoms with Crippen LogP contribution in [0.4, 0.5) is 5.69 Å². The van der Waals surface area contributed by atoms with Crippen LogP contribution in [0.2, 0.25) is 0 Å². The Morgan fingerprint density at radius 3 is 2.68 bits per heavy atom. The van der Waals surface area contributed by atoms with Gasteiger partial charge in [0.15, 0.2) is 0 Å². The Labute approximate surface area is 169 Å². The number of fused-ring (bicyclic) bond motifs is 1. The number of rotatable bonds is 4. The normalized spacial score (nSPS) is 19.3. The number of hydrogen-bond acceptors (Lipinski definition) is 5. The van der Waals surface area contributed by atoms with Gasteiger partial charge in [0, 0.05) is 12.3 Å². The largest absolute Gasteiger partial charge is 0.492 e. The molecule has 2 aliphatic heterocycles. The molecule has 1 unspecified atom stereocenters. The number of nitriles is 1. The Hall–Kier alpha value is -2.91. The van der Waals surface area contributed by atoms with E-state index in [4.69, 9.17) is 4.74 Å². The van der Waals surface area contributed by atoms with Gasteiger partial charge in [-0.25, -0.2) is 0 Å². The summed E-state index contributed by atoms with van der Waals surface area (Å²) in [7, 11) is 0. The lowest BCUT2D eigenvalue weighted by Gasteiger charge is -2.42. The molecule has 0 N–H and O–H groups in total. The highest BCUT2D eigenvalue weighted by atomic mass is 32.2. The topological polar surface area (TPSA) is 56.6 Å². The van der Waals surface area contributed by atoms with E-state index in [0.717, 1.165) is 22.0 Å². The predicted molar refractivity (Wildman–Crippen MR) is 111 cm³/mol. The van der Waals surface area contributed by atoms with Crippen molar-refractivity contribution in [3.8, 4) is 11.8 Å². The van der Waals surface area contributed by atoms with Crippen molar-refractivity contribution in [2.45, 2.75) is 19.3 Å². The molecule has 1 fully saturated rings. The van der Waals surface area contributed by atoms with E-state index in [0.29, 0.717) is 31.1 Å². The molecule has 1 amide bonds. The Bertz CT molecular complexity index is 952. The fraction of sp³-hybridized carbons (Fsp3) is 0.273. The van der Waals surface area contributed by atoms with Crippen molar-refractivity contribution in [1.82, 2.24) is 4.90 Å². The number of benzene rings is 2. The van der Waals surface area contributed by atoms with Crippen molar-refractivity contribution in [2.24, 2.45) is 0 Å². The van der Waals surface area contributed by atoms with Gasteiger partial charge in [-0.1, -0.05) is 54.2 Å². The van der Waals surface area contributed by atoms with Gasteiger partial charge in [0.1, 0.15) is 5.75 Å².